The normalized spacial score (nSPS) is 11.9. The summed E-state index contributed by atoms with van der Waals surface area (Å²) >= 11 is 0. The fourth-order valence-corrected chi connectivity index (χ4v) is 2.54. The predicted molar refractivity (Wildman–Crippen MR) is 80.5 cm³/mol. The van der Waals surface area contributed by atoms with Crippen molar-refractivity contribution < 1.29 is 13.5 Å². The van der Waals surface area contributed by atoms with Crippen LogP contribution in [0.15, 0.2) is 42.5 Å². The van der Waals surface area contributed by atoms with Gasteiger partial charge in [0.15, 0.2) is 0 Å². The van der Waals surface area contributed by atoms with E-state index in [-0.39, 0.29) is 11.4 Å². The number of hydrogen-bond acceptors (Lipinski definition) is 4. The Morgan fingerprint density at radius 2 is 2.05 bits per heavy atom. The maximum atomic E-state index is 13.1. The minimum Gasteiger partial charge on any atom is -0.350 e. The van der Waals surface area contributed by atoms with Crippen LogP contribution in [0.1, 0.15) is 5.56 Å². The second kappa shape index (κ2) is 6.45. The molecule has 0 heterocycles. The van der Waals surface area contributed by atoms with Crippen LogP contribution in [0, 0.1) is 15.9 Å². The van der Waals surface area contributed by atoms with Crippen LogP contribution >= 0.6 is 0 Å². The van der Waals surface area contributed by atoms with Crippen LogP contribution in [0.4, 0.5) is 21.5 Å². The van der Waals surface area contributed by atoms with Crippen LogP contribution in [-0.4, -0.2) is 15.4 Å². The third kappa shape index (κ3) is 4.09. The first-order valence-electron chi connectivity index (χ1n) is 6.05. The smallest absolute Gasteiger partial charge is 0.295 e. The average molecular weight is 308 g/mol. The molecule has 0 saturated carbocycles. The fraction of sp³-hybridized carbons (Fsp3) is 0.143. The maximum Gasteiger partial charge on any atom is 0.295 e. The molecule has 21 heavy (non-hydrogen) atoms. The Morgan fingerprint density at radius 1 is 1.29 bits per heavy atom. The van der Waals surface area contributed by atoms with Crippen molar-refractivity contribution in [2.45, 2.75) is 5.75 Å². The van der Waals surface area contributed by atoms with Gasteiger partial charge in [-0.05, 0) is 29.8 Å². The van der Waals surface area contributed by atoms with E-state index in [1.165, 1.54) is 6.07 Å². The highest BCUT2D eigenvalue weighted by Crippen LogP contribution is 2.28. The van der Waals surface area contributed by atoms with Gasteiger partial charge in [0, 0.05) is 28.5 Å². The fourth-order valence-electron chi connectivity index (χ4n) is 1.89. The quantitative estimate of drug-likeness (QED) is 0.679. The molecule has 0 spiro atoms. The number of nitrogens with zero attached hydrogens (tertiary/aromatic N) is 1. The van der Waals surface area contributed by atoms with Crippen LogP contribution in [0.3, 0.4) is 0 Å². The first-order valence-corrected chi connectivity index (χ1v) is 7.78. The lowest BCUT2D eigenvalue weighted by Crippen LogP contribution is -1.99. The molecule has 2 rings (SSSR count). The van der Waals surface area contributed by atoms with E-state index in [1.54, 1.807) is 24.5 Å². The van der Waals surface area contributed by atoms with E-state index in [2.05, 4.69) is 5.32 Å². The molecule has 0 aliphatic carbocycles. The van der Waals surface area contributed by atoms with E-state index >= 15 is 0 Å². The Bertz CT molecular complexity index is 706. The minimum atomic E-state index is -0.972. The summed E-state index contributed by atoms with van der Waals surface area (Å²) in [7, 11) is -0.972. The van der Waals surface area contributed by atoms with E-state index in [9.17, 15) is 18.7 Å². The summed E-state index contributed by atoms with van der Waals surface area (Å²) in [6.45, 7) is 0. The highest BCUT2D eigenvalue weighted by atomic mass is 32.2. The number of hydrogen-bond donors (Lipinski definition) is 1. The second-order valence-corrected chi connectivity index (χ2v) is 5.90. The van der Waals surface area contributed by atoms with Gasteiger partial charge in [-0.1, -0.05) is 12.1 Å². The lowest BCUT2D eigenvalue weighted by Gasteiger charge is -2.08. The lowest BCUT2D eigenvalue weighted by atomic mass is 10.2. The monoisotopic (exact) mass is 308 g/mol. The highest BCUT2D eigenvalue weighted by molar-refractivity contribution is 7.83. The van der Waals surface area contributed by atoms with E-state index in [1.807, 2.05) is 6.07 Å². The van der Waals surface area contributed by atoms with Crippen LogP contribution in [0.25, 0.3) is 0 Å². The van der Waals surface area contributed by atoms with Gasteiger partial charge in [-0.3, -0.25) is 14.3 Å². The summed E-state index contributed by atoms with van der Waals surface area (Å²) in [6, 6.07) is 10.4. The molecule has 1 N–H and O–H groups in total. The number of halogens is 1. The number of nitro benzene ring substituents is 1. The van der Waals surface area contributed by atoms with Crippen molar-refractivity contribution in [1.82, 2.24) is 0 Å². The van der Waals surface area contributed by atoms with Gasteiger partial charge < -0.3 is 5.32 Å². The number of rotatable bonds is 5. The number of benzene rings is 2. The summed E-state index contributed by atoms with van der Waals surface area (Å²) in [5.41, 5.74) is 1.34. The SMILES string of the molecule is CS(=O)Cc1cccc(Nc2ccc(F)cc2[N+](=O)[O-])c1. The molecule has 0 bridgehead atoms. The van der Waals surface area contributed by atoms with Gasteiger partial charge in [0.2, 0.25) is 0 Å². The third-order valence-electron chi connectivity index (χ3n) is 2.73. The number of nitrogens with one attached hydrogen (secondary N) is 1. The molecular weight excluding hydrogens is 295 g/mol. The summed E-state index contributed by atoms with van der Waals surface area (Å²) in [5, 5.41) is 13.8. The molecule has 1 atom stereocenters. The lowest BCUT2D eigenvalue weighted by molar-refractivity contribution is -0.384. The first kappa shape index (κ1) is 15.1. The first-order chi connectivity index (χ1) is 9.95. The summed E-state index contributed by atoms with van der Waals surface area (Å²) in [5.74, 6) is -0.261. The van der Waals surface area contributed by atoms with Crippen molar-refractivity contribution in [1.29, 1.82) is 0 Å². The van der Waals surface area contributed by atoms with Gasteiger partial charge in [-0.25, -0.2) is 4.39 Å². The van der Waals surface area contributed by atoms with Crippen molar-refractivity contribution in [2.24, 2.45) is 0 Å². The highest BCUT2D eigenvalue weighted by Gasteiger charge is 2.15. The van der Waals surface area contributed by atoms with Crippen LogP contribution in [0.2, 0.25) is 0 Å². The molecule has 1 unspecified atom stereocenters. The minimum absolute atomic E-state index is 0.205. The summed E-state index contributed by atoms with van der Waals surface area (Å²) in [6.07, 6.45) is 1.60. The maximum absolute atomic E-state index is 13.1. The topological polar surface area (TPSA) is 72.2 Å². The van der Waals surface area contributed by atoms with Gasteiger partial charge in [0.1, 0.15) is 11.5 Å². The molecule has 0 aliphatic rings. The molecule has 0 aromatic heterocycles. The van der Waals surface area contributed by atoms with Crippen molar-refractivity contribution in [3.8, 4) is 0 Å². The van der Waals surface area contributed by atoms with E-state index in [0.717, 1.165) is 17.7 Å². The van der Waals surface area contributed by atoms with Crippen LogP contribution in [-0.2, 0) is 16.6 Å². The van der Waals surface area contributed by atoms with E-state index in [0.29, 0.717) is 11.4 Å². The molecule has 2 aromatic rings. The summed E-state index contributed by atoms with van der Waals surface area (Å²) in [4.78, 5) is 10.3. The molecule has 0 fully saturated rings. The van der Waals surface area contributed by atoms with Gasteiger partial charge in [-0.15, -0.1) is 0 Å². The third-order valence-corrected chi connectivity index (χ3v) is 3.47. The zero-order valence-electron chi connectivity index (χ0n) is 11.2. The molecule has 5 nitrogen and oxygen atoms in total. The largest absolute Gasteiger partial charge is 0.350 e. The van der Waals surface area contributed by atoms with Gasteiger partial charge >= 0.3 is 0 Å². The molecular formula is C14H13FN2O3S. The Morgan fingerprint density at radius 3 is 2.71 bits per heavy atom. The molecule has 0 saturated heterocycles. The summed E-state index contributed by atoms with van der Waals surface area (Å²) < 4.78 is 24.3. The van der Waals surface area contributed by atoms with E-state index in [4.69, 9.17) is 0 Å². The molecule has 0 aliphatic heterocycles. The standard InChI is InChI=1S/C14H13FN2O3S/c1-21(20)9-10-3-2-4-12(7-10)16-13-6-5-11(15)8-14(13)17(18)19/h2-8,16H,9H2,1H3. The molecule has 110 valence electrons. The predicted octanol–water partition coefficient (Wildman–Crippen LogP) is 3.36. The van der Waals surface area contributed by atoms with Crippen molar-refractivity contribution in [3.63, 3.8) is 0 Å². The Kier molecular flexibility index (Phi) is 4.64. The van der Waals surface area contributed by atoms with Gasteiger partial charge in [0.05, 0.1) is 11.0 Å². The Hall–Kier alpha value is -2.28. The van der Waals surface area contributed by atoms with E-state index < -0.39 is 21.5 Å². The van der Waals surface area contributed by atoms with Crippen LogP contribution < -0.4 is 5.32 Å². The second-order valence-electron chi connectivity index (χ2n) is 4.46. The number of anilines is 2. The zero-order valence-corrected chi connectivity index (χ0v) is 12.0. The molecule has 7 heteroatoms. The van der Waals surface area contributed by atoms with Crippen LogP contribution in [0.5, 0.6) is 0 Å². The molecule has 2 aromatic carbocycles. The molecule has 0 radical (unpaired) electrons. The van der Waals surface area contributed by atoms with Crippen molar-refractivity contribution >= 4 is 27.9 Å². The van der Waals surface area contributed by atoms with Gasteiger partial charge in [0.25, 0.3) is 5.69 Å². The van der Waals surface area contributed by atoms with Crippen molar-refractivity contribution in [2.75, 3.05) is 11.6 Å². The Balaban J connectivity index is 2.30. The number of nitro groups is 1. The van der Waals surface area contributed by atoms with Crippen molar-refractivity contribution in [3.05, 3.63) is 64.0 Å². The molecule has 0 amide bonds. The zero-order chi connectivity index (χ0) is 15.4. The van der Waals surface area contributed by atoms with Gasteiger partial charge in [-0.2, -0.15) is 0 Å². The Labute approximate surface area is 123 Å². The average Bonchev–Trinajstić information content (AvgIpc) is 2.40.